The molecule has 3 N–H and O–H groups in total. The van der Waals surface area contributed by atoms with Gasteiger partial charge < -0.3 is 10.1 Å². The van der Waals surface area contributed by atoms with Gasteiger partial charge in [0.05, 0.1) is 28.0 Å². The summed E-state index contributed by atoms with van der Waals surface area (Å²) in [5.74, 6) is 0.540. The van der Waals surface area contributed by atoms with Crippen molar-refractivity contribution in [3.63, 3.8) is 0 Å². The van der Waals surface area contributed by atoms with E-state index in [1.54, 1.807) is 30.3 Å². The fourth-order valence-corrected chi connectivity index (χ4v) is 3.95. The van der Waals surface area contributed by atoms with Crippen molar-refractivity contribution < 1.29 is 17.9 Å². The molecule has 10 heteroatoms. The number of amides is 1. The Bertz CT molecular complexity index is 1310. The monoisotopic (exact) mass is 581 g/mol. The molecule has 7 nitrogen and oxygen atoms in total. The zero-order valence-electron chi connectivity index (χ0n) is 16.5. The minimum atomic E-state index is -3.80. The predicted octanol–water partition coefficient (Wildman–Crippen LogP) is 4.77. The lowest BCUT2D eigenvalue weighted by atomic mass is 10.1. The molecule has 3 aromatic rings. The lowest BCUT2D eigenvalue weighted by Crippen LogP contribution is -2.15. The molecule has 0 atom stereocenters. The number of hydrogen-bond acceptors (Lipinski definition) is 5. The second-order valence-corrected chi connectivity index (χ2v) is 9.50. The van der Waals surface area contributed by atoms with Crippen molar-refractivity contribution >= 4 is 55.8 Å². The standard InChI is InChI=1S/C22H17ClIN3O4S/c23-20-6-1-14(10-21(20)31-18-8-15(12-24)7-16(9-18)13-25)11-22(28)27-17-2-4-19(5-3-17)32(26,29)30/h1-10H,11-12H2,(H,27,28)(H2,26,29,30). The van der Waals surface area contributed by atoms with E-state index in [1.165, 1.54) is 24.3 Å². The van der Waals surface area contributed by atoms with Gasteiger partial charge in [0.15, 0.2) is 0 Å². The van der Waals surface area contributed by atoms with Crippen LogP contribution in [0, 0.1) is 11.3 Å². The molecule has 3 aromatic carbocycles. The molecule has 0 saturated heterocycles. The minimum Gasteiger partial charge on any atom is -0.456 e. The summed E-state index contributed by atoms with van der Waals surface area (Å²) in [7, 11) is -3.80. The van der Waals surface area contributed by atoms with E-state index in [4.69, 9.17) is 21.5 Å². The van der Waals surface area contributed by atoms with E-state index in [1.807, 2.05) is 6.07 Å². The smallest absolute Gasteiger partial charge is 0.238 e. The first-order valence-electron chi connectivity index (χ1n) is 9.17. The van der Waals surface area contributed by atoms with Gasteiger partial charge in [0.25, 0.3) is 0 Å². The quantitative estimate of drug-likeness (QED) is 0.308. The third-order valence-electron chi connectivity index (χ3n) is 4.30. The maximum absolute atomic E-state index is 12.4. The van der Waals surface area contributed by atoms with Crippen molar-refractivity contribution in [3.8, 4) is 17.6 Å². The number of ether oxygens (including phenoxy) is 1. The molecule has 0 spiro atoms. The second-order valence-electron chi connectivity index (χ2n) is 6.77. The normalized spacial score (nSPS) is 10.9. The number of sulfonamides is 1. The number of anilines is 1. The van der Waals surface area contributed by atoms with Crippen LogP contribution < -0.4 is 15.2 Å². The van der Waals surface area contributed by atoms with Crippen molar-refractivity contribution in [1.29, 1.82) is 5.26 Å². The second kappa shape index (κ2) is 10.3. The molecule has 0 aliphatic heterocycles. The Labute approximate surface area is 204 Å². The molecule has 0 bridgehead atoms. The molecule has 0 saturated carbocycles. The number of benzene rings is 3. The zero-order valence-corrected chi connectivity index (χ0v) is 20.2. The van der Waals surface area contributed by atoms with Crippen LogP contribution in [0.5, 0.6) is 11.5 Å². The fraction of sp³-hybridized carbons (Fsp3) is 0.0909. The first-order chi connectivity index (χ1) is 15.2. The molecule has 0 fully saturated rings. The lowest BCUT2D eigenvalue weighted by Gasteiger charge is -2.11. The highest BCUT2D eigenvalue weighted by Crippen LogP contribution is 2.32. The highest BCUT2D eigenvalue weighted by atomic mass is 127. The fourth-order valence-electron chi connectivity index (χ4n) is 2.84. The Morgan fingerprint density at radius 3 is 2.44 bits per heavy atom. The number of primary sulfonamides is 1. The number of carbonyl (C=O) groups is 1. The molecular weight excluding hydrogens is 565 g/mol. The van der Waals surface area contributed by atoms with Crippen LogP contribution in [0.25, 0.3) is 0 Å². The third kappa shape index (κ3) is 6.43. The molecule has 0 radical (unpaired) electrons. The summed E-state index contributed by atoms with van der Waals surface area (Å²) in [6.07, 6.45) is 0.0434. The molecule has 0 unspecified atom stereocenters. The van der Waals surface area contributed by atoms with Gasteiger partial charge in [0, 0.05) is 10.1 Å². The van der Waals surface area contributed by atoms with Crippen LogP contribution in [0.3, 0.4) is 0 Å². The highest BCUT2D eigenvalue weighted by Gasteiger charge is 2.11. The van der Waals surface area contributed by atoms with Crippen LogP contribution in [-0.2, 0) is 25.7 Å². The number of halogens is 2. The topological polar surface area (TPSA) is 122 Å². The summed E-state index contributed by atoms with van der Waals surface area (Å²) in [5, 5.41) is 17.3. The van der Waals surface area contributed by atoms with Crippen LogP contribution in [0.4, 0.5) is 5.69 Å². The van der Waals surface area contributed by atoms with Crippen LogP contribution in [0.2, 0.25) is 5.02 Å². The average molecular weight is 582 g/mol. The lowest BCUT2D eigenvalue weighted by molar-refractivity contribution is -0.115. The molecule has 164 valence electrons. The molecule has 32 heavy (non-hydrogen) atoms. The SMILES string of the molecule is N#Cc1cc(CI)cc(Oc2cc(CC(=O)Nc3ccc(S(N)(=O)=O)cc3)ccc2Cl)c1. The van der Waals surface area contributed by atoms with E-state index in [0.29, 0.717) is 33.3 Å². The van der Waals surface area contributed by atoms with Gasteiger partial charge in [-0.25, -0.2) is 13.6 Å². The third-order valence-corrected chi connectivity index (χ3v) is 6.43. The molecular formula is C22H17ClIN3O4S. The zero-order chi connectivity index (χ0) is 23.3. The van der Waals surface area contributed by atoms with Crippen molar-refractivity contribution in [2.24, 2.45) is 5.14 Å². The molecule has 0 aliphatic carbocycles. The molecule has 0 aliphatic rings. The van der Waals surface area contributed by atoms with E-state index >= 15 is 0 Å². The predicted molar refractivity (Wildman–Crippen MR) is 131 cm³/mol. The summed E-state index contributed by atoms with van der Waals surface area (Å²) >= 11 is 8.46. The van der Waals surface area contributed by atoms with E-state index in [9.17, 15) is 18.5 Å². The van der Waals surface area contributed by atoms with Crippen molar-refractivity contribution in [1.82, 2.24) is 0 Å². The summed E-state index contributed by atoms with van der Waals surface area (Å²) in [6, 6.07) is 17.9. The Morgan fingerprint density at radius 2 is 1.81 bits per heavy atom. The number of nitrogens with one attached hydrogen (secondary N) is 1. The molecule has 0 aromatic heterocycles. The summed E-state index contributed by atoms with van der Waals surface area (Å²) in [5.41, 5.74) is 2.52. The molecule has 1 amide bonds. The van der Waals surface area contributed by atoms with E-state index in [0.717, 1.165) is 9.99 Å². The Hall–Kier alpha value is -2.65. The summed E-state index contributed by atoms with van der Waals surface area (Å²) in [6.45, 7) is 0. The van der Waals surface area contributed by atoms with Gasteiger partial charge in [-0.2, -0.15) is 5.26 Å². The van der Waals surface area contributed by atoms with Gasteiger partial charge in [-0.05, 0) is 65.7 Å². The minimum absolute atomic E-state index is 0.0406. The number of rotatable bonds is 7. The van der Waals surface area contributed by atoms with E-state index < -0.39 is 10.0 Å². The van der Waals surface area contributed by atoms with Crippen LogP contribution >= 0.6 is 34.2 Å². The van der Waals surface area contributed by atoms with Crippen LogP contribution in [0.15, 0.2) is 65.6 Å². The number of alkyl halides is 1. The maximum Gasteiger partial charge on any atom is 0.238 e. The number of carbonyl (C=O) groups excluding carboxylic acids is 1. The first-order valence-corrected chi connectivity index (χ1v) is 12.6. The highest BCUT2D eigenvalue weighted by molar-refractivity contribution is 14.1. The van der Waals surface area contributed by atoms with Gasteiger partial charge in [0.1, 0.15) is 11.5 Å². The van der Waals surface area contributed by atoms with Gasteiger partial charge in [-0.1, -0.05) is 40.3 Å². The number of nitrogens with zero attached hydrogens (tertiary/aromatic N) is 1. The summed E-state index contributed by atoms with van der Waals surface area (Å²) < 4.78 is 29.3. The number of nitriles is 1. The van der Waals surface area contributed by atoms with E-state index in [2.05, 4.69) is 34.0 Å². The van der Waals surface area contributed by atoms with Gasteiger partial charge in [0.2, 0.25) is 15.9 Å². The Kier molecular flexibility index (Phi) is 7.73. The van der Waals surface area contributed by atoms with Crippen LogP contribution in [0.1, 0.15) is 16.7 Å². The molecule has 0 heterocycles. The first kappa shape index (κ1) is 24.0. The molecule has 3 rings (SSSR count). The number of nitrogens with two attached hydrogens (primary N) is 1. The summed E-state index contributed by atoms with van der Waals surface area (Å²) in [4.78, 5) is 12.4. The maximum atomic E-state index is 12.4. The van der Waals surface area contributed by atoms with Crippen molar-refractivity contribution in [2.75, 3.05) is 5.32 Å². The van der Waals surface area contributed by atoms with Crippen molar-refractivity contribution in [2.45, 2.75) is 15.7 Å². The Morgan fingerprint density at radius 1 is 1.09 bits per heavy atom. The van der Waals surface area contributed by atoms with Gasteiger partial charge in [-0.3, -0.25) is 4.79 Å². The van der Waals surface area contributed by atoms with Gasteiger partial charge in [-0.15, -0.1) is 0 Å². The number of hydrogen-bond donors (Lipinski definition) is 2. The van der Waals surface area contributed by atoms with Crippen LogP contribution in [-0.4, -0.2) is 14.3 Å². The average Bonchev–Trinajstić information content (AvgIpc) is 2.75. The van der Waals surface area contributed by atoms with E-state index in [-0.39, 0.29) is 17.2 Å². The van der Waals surface area contributed by atoms with Gasteiger partial charge >= 0.3 is 0 Å². The Balaban J connectivity index is 1.73. The largest absolute Gasteiger partial charge is 0.456 e. The van der Waals surface area contributed by atoms with Crippen molar-refractivity contribution in [3.05, 3.63) is 82.4 Å².